The molecule has 1 aromatic rings. The Balaban J connectivity index is 3.11. The van der Waals surface area contributed by atoms with Crippen LogP contribution in [0.25, 0.3) is 0 Å². The van der Waals surface area contributed by atoms with Crippen molar-refractivity contribution in [2.75, 3.05) is 14.2 Å². The molecule has 0 aliphatic rings. The van der Waals surface area contributed by atoms with E-state index in [2.05, 4.69) is 26.0 Å². The maximum absolute atomic E-state index is 5.28. The van der Waals surface area contributed by atoms with Gasteiger partial charge in [0.15, 0.2) is 0 Å². The molecule has 0 aromatic heterocycles. The lowest BCUT2D eigenvalue weighted by molar-refractivity contribution is 0.184. The molecule has 0 saturated heterocycles. The summed E-state index contributed by atoms with van der Waals surface area (Å²) >= 11 is 0. The SMILES string of the molecule is CCc1cc(C)c(OC)cc1COC. The fourth-order valence-corrected chi connectivity index (χ4v) is 1.63. The molecule has 0 fully saturated rings. The number of aryl methyl sites for hydroxylation is 2. The van der Waals surface area contributed by atoms with Gasteiger partial charge in [-0.15, -0.1) is 0 Å². The van der Waals surface area contributed by atoms with Crippen molar-refractivity contribution in [3.05, 3.63) is 28.8 Å². The molecule has 14 heavy (non-hydrogen) atoms. The number of rotatable bonds is 4. The minimum atomic E-state index is 0.653. The lowest BCUT2D eigenvalue weighted by Gasteiger charge is -2.12. The number of ether oxygens (including phenoxy) is 2. The van der Waals surface area contributed by atoms with Crippen LogP contribution >= 0.6 is 0 Å². The first kappa shape index (κ1) is 11.1. The zero-order valence-corrected chi connectivity index (χ0v) is 9.39. The second-order valence-corrected chi connectivity index (χ2v) is 3.38. The first-order valence-electron chi connectivity index (χ1n) is 4.88. The van der Waals surface area contributed by atoms with E-state index in [4.69, 9.17) is 9.47 Å². The molecule has 2 heteroatoms. The molecule has 2 nitrogen and oxygen atoms in total. The monoisotopic (exact) mass is 194 g/mol. The Kier molecular flexibility index (Phi) is 3.96. The summed E-state index contributed by atoms with van der Waals surface area (Å²) in [6, 6.07) is 4.24. The van der Waals surface area contributed by atoms with Gasteiger partial charge in [-0.2, -0.15) is 0 Å². The molecular weight excluding hydrogens is 176 g/mol. The minimum Gasteiger partial charge on any atom is -0.496 e. The van der Waals surface area contributed by atoms with E-state index in [1.165, 1.54) is 16.7 Å². The van der Waals surface area contributed by atoms with Crippen LogP contribution < -0.4 is 4.74 Å². The molecule has 0 aliphatic heterocycles. The van der Waals surface area contributed by atoms with Gasteiger partial charge >= 0.3 is 0 Å². The summed E-state index contributed by atoms with van der Waals surface area (Å²) in [5, 5.41) is 0. The molecule has 0 atom stereocenters. The van der Waals surface area contributed by atoms with Gasteiger partial charge in [0.1, 0.15) is 5.75 Å². The van der Waals surface area contributed by atoms with Crippen molar-refractivity contribution in [2.24, 2.45) is 0 Å². The molecule has 0 unspecified atom stereocenters. The van der Waals surface area contributed by atoms with Gasteiger partial charge in [0.25, 0.3) is 0 Å². The molecular formula is C12H18O2. The predicted molar refractivity (Wildman–Crippen MR) is 57.8 cm³/mol. The summed E-state index contributed by atoms with van der Waals surface area (Å²) < 4.78 is 10.4. The van der Waals surface area contributed by atoms with Crippen LogP contribution in [0.5, 0.6) is 5.75 Å². The van der Waals surface area contributed by atoms with E-state index in [0.717, 1.165) is 12.2 Å². The average Bonchev–Trinajstić information content (AvgIpc) is 2.20. The van der Waals surface area contributed by atoms with Crippen LogP contribution in [-0.4, -0.2) is 14.2 Å². The molecule has 0 bridgehead atoms. The van der Waals surface area contributed by atoms with Crippen LogP contribution in [0.4, 0.5) is 0 Å². The van der Waals surface area contributed by atoms with Gasteiger partial charge in [-0.1, -0.05) is 13.0 Å². The molecule has 0 amide bonds. The smallest absolute Gasteiger partial charge is 0.122 e. The van der Waals surface area contributed by atoms with Crippen molar-refractivity contribution >= 4 is 0 Å². The number of methoxy groups -OCH3 is 2. The van der Waals surface area contributed by atoms with Crippen LogP contribution in [0.1, 0.15) is 23.6 Å². The molecule has 0 saturated carbocycles. The predicted octanol–water partition coefficient (Wildman–Crippen LogP) is 2.71. The van der Waals surface area contributed by atoms with Crippen molar-refractivity contribution in [2.45, 2.75) is 26.9 Å². The van der Waals surface area contributed by atoms with Crippen LogP contribution in [0.15, 0.2) is 12.1 Å². The zero-order chi connectivity index (χ0) is 10.6. The Hall–Kier alpha value is -1.02. The standard InChI is InChI=1S/C12H18O2/c1-5-10-6-9(2)12(14-4)7-11(10)8-13-3/h6-7H,5,8H2,1-4H3. The van der Waals surface area contributed by atoms with Crippen LogP contribution in [0.2, 0.25) is 0 Å². The fourth-order valence-electron chi connectivity index (χ4n) is 1.63. The highest BCUT2D eigenvalue weighted by atomic mass is 16.5. The maximum Gasteiger partial charge on any atom is 0.122 e. The third-order valence-corrected chi connectivity index (χ3v) is 2.40. The Bertz CT molecular complexity index is 305. The fraction of sp³-hybridized carbons (Fsp3) is 0.500. The van der Waals surface area contributed by atoms with Crippen molar-refractivity contribution in [3.63, 3.8) is 0 Å². The second-order valence-electron chi connectivity index (χ2n) is 3.38. The number of benzene rings is 1. The van der Waals surface area contributed by atoms with Crippen molar-refractivity contribution in [3.8, 4) is 5.75 Å². The van der Waals surface area contributed by atoms with Gasteiger partial charge in [-0.3, -0.25) is 0 Å². The summed E-state index contributed by atoms with van der Waals surface area (Å²) in [6.07, 6.45) is 1.03. The molecule has 1 rings (SSSR count). The Morgan fingerprint density at radius 1 is 1.14 bits per heavy atom. The van der Waals surface area contributed by atoms with Crippen LogP contribution in [0, 0.1) is 6.92 Å². The van der Waals surface area contributed by atoms with Gasteiger partial charge in [0.2, 0.25) is 0 Å². The first-order chi connectivity index (χ1) is 6.72. The van der Waals surface area contributed by atoms with E-state index >= 15 is 0 Å². The zero-order valence-electron chi connectivity index (χ0n) is 9.39. The Labute approximate surface area is 85.8 Å². The third kappa shape index (κ3) is 2.26. The Morgan fingerprint density at radius 3 is 2.36 bits per heavy atom. The van der Waals surface area contributed by atoms with E-state index in [9.17, 15) is 0 Å². The first-order valence-corrected chi connectivity index (χ1v) is 4.88. The van der Waals surface area contributed by atoms with E-state index in [1.54, 1.807) is 14.2 Å². The highest BCUT2D eigenvalue weighted by molar-refractivity contribution is 5.41. The van der Waals surface area contributed by atoms with Crippen LogP contribution in [-0.2, 0) is 17.8 Å². The van der Waals surface area contributed by atoms with Crippen molar-refractivity contribution in [1.29, 1.82) is 0 Å². The maximum atomic E-state index is 5.28. The van der Waals surface area contributed by atoms with Crippen molar-refractivity contribution in [1.82, 2.24) is 0 Å². The van der Waals surface area contributed by atoms with Crippen LogP contribution in [0.3, 0.4) is 0 Å². The molecule has 0 radical (unpaired) electrons. The lowest BCUT2D eigenvalue weighted by atomic mass is 10.0. The summed E-state index contributed by atoms with van der Waals surface area (Å²) in [5.74, 6) is 0.939. The highest BCUT2D eigenvalue weighted by Crippen LogP contribution is 2.23. The van der Waals surface area contributed by atoms with E-state index in [-0.39, 0.29) is 0 Å². The van der Waals surface area contributed by atoms with Gasteiger partial charge in [-0.25, -0.2) is 0 Å². The number of hydrogen-bond donors (Lipinski definition) is 0. The molecule has 0 heterocycles. The third-order valence-electron chi connectivity index (χ3n) is 2.40. The van der Waals surface area contributed by atoms with Crippen molar-refractivity contribution < 1.29 is 9.47 Å². The van der Waals surface area contributed by atoms with E-state index in [0.29, 0.717) is 6.61 Å². The van der Waals surface area contributed by atoms with Gasteiger partial charge in [0.05, 0.1) is 13.7 Å². The minimum absolute atomic E-state index is 0.653. The summed E-state index contributed by atoms with van der Waals surface area (Å²) in [7, 11) is 3.41. The normalized spacial score (nSPS) is 10.3. The summed E-state index contributed by atoms with van der Waals surface area (Å²) in [6.45, 7) is 4.87. The van der Waals surface area contributed by atoms with Gasteiger partial charge in [0, 0.05) is 7.11 Å². The van der Waals surface area contributed by atoms with Gasteiger partial charge in [-0.05, 0) is 36.1 Å². The summed E-state index contributed by atoms with van der Waals surface area (Å²) in [5.41, 5.74) is 3.74. The molecule has 1 aromatic carbocycles. The molecule has 0 spiro atoms. The highest BCUT2D eigenvalue weighted by Gasteiger charge is 2.06. The lowest BCUT2D eigenvalue weighted by Crippen LogP contribution is -1.98. The summed E-state index contributed by atoms with van der Waals surface area (Å²) in [4.78, 5) is 0. The quantitative estimate of drug-likeness (QED) is 0.733. The number of hydrogen-bond acceptors (Lipinski definition) is 2. The topological polar surface area (TPSA) is 18.5 Å². The van der Waals surface area contributed by atoms with E-state index < -0.39 is 0 Å². The molecule has 78 valence electrons. The molecule has 0 N–H and O–H groups in total. The second kappa shape index (κ2) is 5.01. The Morgan fingerprint density at radius 2 is 1.86 bits per heavy atom. The molecule has 0 aliphatic carbocycles. The van der Waals surface area contributed by atoms with E-state index in [1.807, 2.05) is 0 Å². The average molecular weight is 194 g/mol. The van der Waals surface area contributed by atoms with Gasteiger partial charge < -0.3 is 9.47 Å². The largest absolute Gasteiger partial charge is 0.496 e.